The molecular weight excluding hydrogens is 338 g/mol. The topological polar surface area (TPSA) is 79.4 Å². The maximum atomic E-state index is 12.9. The van der Waals surface area contributed by atoms with Crippen molar-refractivity contribution in [1.82, 2.24) is 9.88 Å². The van der Waals surface area contributed by atoms with Crippen LogP contribution in [0.3, 0.4) is 0 Å². The third kappa shape index (κ3) is 4.17. The summed E-state index contributed by atoms with van der Waals surface area (Å²) >= 11 is 0. The van der Waals surface area contributed by atoms with E-state index in [2.05, 4.69) is 10.3 Å². The van der Waals surface area contributed by atoms with Crippen LogP contribution in [0.1, 0.15) is 23.7 Å². The Morgan fingerprint density at radius 2 is 2.04 bits per heavy atom. The Hall–Kier alpha value is -2.41. The minimum absolute atomic E-state index is 0.0484. The normalized spacial score (nSPS) is 18.7. The van der Waals surface area contributed by atoms with Crippen LogP contribution in [-0.4, -0.2) is 48.3 Å². The molecule has 2 aromatic rings. The SMILES string of the molecule is CCN(C(=O)c1ccnc(Nc2ccccc2)c1)C1CCS(=O)(=O)C1. The Kier molecular flexibility index (Phi) is 5.03. The van der Waals surface area contributed by atoms with Crippen LogP contribution in [0.25, 0.3) is 0 Å². The fourth-order valence-corrected chi connectivity index (χ4v) is 4.79. The van der Waals surface area contributed by atoms with Crippen molar-refractivity contribution < 1.29 is 13.2 Å². The third-order valence-electron chi connectivity index (χ3n) is 4.30. The summed E-state index contributed by atoms with van der Waals surface area (Å²) in [5, 5.41) is 3.16. The van der Waals surface area contributed by atoms with E-state index in [1.54, 1.807) is 23.2 Å². The van der Waals surface area contributed by atoms with E-state index in [9.17, 15) is 13.2 Å². The number of carbonyl (C=O) groups excluding carboxylic acids is 1. The van der Waals surface area contributed by atoms with Gasteiger partial charge in [0.1, 0.15) is 5.82 Å². The first kappa shape index (κ1) is 17.4. The van der Waals surface area contributed by atoms with Crippen molar-refractivity contribution in [3.05, 3.63) is 54.2 Å². The van der Waals surface area contributed by atoms with Crippen LogP contribution in [0.4, 0.5) is 11.5 Å². The lowest BCUT2D eigenvalue weighted by molar-refractivity contribution is 0.0708. The molecule has 2 heterocycles. The first-order valence-corrected chi connectivity index (χ1v) is 10.1. The number of nitrogens with one attached hydrogen (secondary N) is 1. The molecular formula is C18H21N3O3S. The largest absolute Gasteiger partial charge is 0.340 e. The van der Waals surface area contributed by atoms with Gasteiger partial charge >= 0.3 is 0 Å². The summed E-state index contributed by atoms with van der Waals surface area (Å²) in [6, 6.07) is 12.7. The Bertz CT molecular complexity index is 853. The number of para-hydroxylation sites is 1. The molecule has 6 nitrogen and oxygen atoms in total. The maximum Gasteiger partial charge on any atom is 0.254 e. The summed E-state index contributed by atoms with van der Waals surface area (Å²) in [5.41, 5.74) is 1.38. The zero-order valence-corrected chi connectivity index (χ0v) is 14.9. The number of benzene rings is 1. The number of aromatic nitrogens is 1. The Balaban J connectivity index is 1.78. The van der Waals surface area contributed by atoms with Crippen molar-refractivity contribution in [2.24, 2.45) is 0 Å². The quantitative estimate of drug-likeness (QED) is 0.887. The average molecular weight is 359 g/mol. The second kappa shape index (κ2) is 7.23. The number of sulfone groups is 1. The summed E-state index contributed by atoms with van der Waals surface area (Å²) in [7, 11) is -3.03. The van der Waals surface area contributed by atoms with E-state index in [4.69, 9.17) is 0 Å². The molecule has 1 aromatic heterocycles. The first-order valence-electron chi connectivity index (χ1n) is 8.28. The highest BCUT2D eigenvalue weighted by Gasteiger charge is 2.34. The number of hydrogen-bond acceptors (Lipinski definition) is 5. The van der Waals surface area contributed by atoms with Gasteiger partial charge in [0.25, 0.3) is 5.91 Å². The number of amides is 1. The van der Waals surface area contributed by atoms with E-state index >= 15 is 0 Å². The second-order valence-electron chi connectivity index (χ2n) is 6.07. The predicted octanol–water partition coefficient (Wildman–Crippen LogP) is 2.47. The molecule has 0 aliphatic carbocycles. The predicted molar refractivity (Wildman–Crippen MR) is 97.7 cm³/mol. The lowest BCUT2D eigenvalue weighted by Gasteiger charge is -2.27. The number of carbonyl (C=O) groups is 1. The van der Waals surface area contributed by atoms with Crippen LogP contribution in [0.2, 0.25) is 0 Å². The van der Waals surface area contributed by atoms with Gasteiger partial charge in [-0.05, 0) is 37.6 Å². The van der Waals surface area contributed by atoms with Crippen molar-refractivity contribution in [3.63, 3.8) is 0 Å². The molecule has 7 heteroatoms. The summed E-state index contributed by atoms with van der Waals surface area (Å²) in [6.07, 6.45) is 2.08. The second-order valence-corrected chi connectivity index (χ2v) is 8.30. The van der Waals surface area contributed by atoms with Gasteiger partial charge in [-0.25, -0.2) is 13.4 Å². The van der Waals surface area contributed by atoms with Gasteiger partial charge in [-0.2, -0.15) is 0 Å². The highest BCUT2D eigenvalue weighted by atomic mass is 32.2. The van der Waals surface area contributed by atoms with E-state index < -0.39 is 9.84 Å². The van der Waals surface area contributed by atoms with Crippen LogP contribution in [0.5, 0.6) is 0 Å². The van der Waals surface area contributed by atoms with E-state index in [-0.39, 0.29) is 23.5 Å². The smallest absolute Gasteiger partial charge is 0.254 e. The van der Waals surface area contributed by atoms with Crippen molar-refractivity contribution in [2.75, 3.05) is 23.4 Å². The first-order chi connectivity index (χ1) is 12.0. The summed E-state index contributed by atoms with van der Waals surface area (Å²) in [6.45, 7) is 2.34. The minimum atomic E-state index is -3.03. The van der Waals surface area contributed by atoms with Crippen molar-refractivity contribution >= 4 is 27.2 Å². The van der Waals surface area contributed by atoms with Gasteiger partial charge < -0.3 is 10.2 Å². The van der Waals surface area contributed by atoms with Crippen molar-refractivity contribution in [3.8, 4) is 0 Å². The van der Waals surface area contributed by atoms with Crippen LogP contribution < -0.4 is 5.32 Å². The Morgan fingerprint density at radius 3 is 2.68 bits per heavy atom. The van der Waals surface area contributed by atoms with Gasteiger partial charge in [-0.1, -0.05) is 18.2 Å². The van der Waals surface area contributed by atoms with Gasteiger partial charge in [-0.15, -0.1) is 0 Å². The molecule has 1 fully saturated rings. The summed E-state index contributed by atoms with van der Waals surface area (Å²) < 4.78 is 23.4. The molecule has 1 aliphatic heterocycles. The van der Waals surface area contributed by atoms with Crippen molar-refractivity contribution in [2.45, 2.75) is 19.4 Å². The number of hydrogen-bond donors (Lipinski definition) is 1. The molecule has 0 spiro atoms. The number of pyridine rings is 1. The molecule has 0 bridgehead atoms. The van der Waals surface area contributed by atoms with Gasteiger partial charge in [0.15, 0.2) is 9.84 Å². The van der Waals surface area contributed by atoms with E-state index in [1.165, 1.54) is 0 Å². The molecule has 1 unspecified atom stereocenters. The molecule has 3 rings (SSSR count). The van der Waals surface area contributed by atoms with Crippen LogP contribution in [-0.2, 0) is 9.84 Å². The molecule has 0 saturated carbocycles. The lowest BCUT2D eigenvalue weighted by Crippen LogP contribution is -2.41. The van der Waals surface area contributed by atoms with Gasteiger partial charge in [0.05, 0.1) is 11.5 Å². The molecule has 0 radical (unpaired) electrons. The number of nitrogens with zero attached hydrogens (tertiary/aromatic N) is 2. The van der Waals surface area contributed by atoms with Gasteiger partial charge in [0.2, 0.25) is 0 Å². The molecule has 1 amide bonds. The minimum Gasteiger partial charge on any atom is -0.340 e. The maximum absolute atomic E-state index is 12.9. The average Bonchev–Trinajstić information content (AvgIpc) is 2.96. The van der Waals surface area contributed by atoms with Crippen LogP contribution in [0.15, 0.2) is 48.7 Å². The monoisotopic (exact) mass is 359 g/mol. The molecule has 1 aromatic carbocycles. The highest BCUT2D eigenvalue weighted by molar-refractivity contribution is 7.91. The van der Waals surface area contributed by atoms with E-state index in [0.717, 1.165) is 5.69 Å². The Morgan fingerprint density at radius 1 is 1.28 bits per heavy atom. The fourth-order valence-electron chi connectivity index (χ4n) is 3.06. The lowest BCUT2D eigenvalue weighted by atomic mass is 10.1. The molecule has 132 valence electrons. The Labute approximate surface area is 147 Å². The molecule has 25 heavy (non-hydrogen) atoms. The fraction of sp³-hybridized carbons (Fsp3) is 0.333. The highest BCUT2D eigenvalue weighted by Crippen LogP contribution is 2.21. The van der Waals surface area contributed by atoms with Crippen LogP contribution >= 0.6 is 0 Å². The zero-order valence-electron chi connectivity index (χ0n) is 14.1. The standard InChI is InChI=1S/C18H21N3O3S/c1-2-21(16-9-11-25(23,24)13-16)18(22)14-8-10-19-17(12-14)20-15-6-4-3-5-7-15/h3-8,10,12,16H,2,9,11,13H2,1H3,(H,19,20). The molecule has 1 atom stereocenters. The molecule has 1 aliphatic rings. The summed E-state index contributed by atoms with van der Waals surface area (Å²) in [5.74, 6) is 0.612. The zero-order chi connectivity index (χ0) is 17.9. The number of anilines is 2. The van der Waals surface area contributed by atoms with Crippen LogP contribution in [0, 0.1) is 0 Å². The number of rotatable bonds is 5. The van der Waals surface area contributed by atoms with E-state index in [1.807, 2.05) is 37.3 Å². The van der Waals surface area contributed by atoms with Crippen molar-refractivity contribution in [1.29, 1.82) is 0 Å². The summed E-state index contributed by atoms with van der Waals surface area (Å²) in [4.78, 5) is 18.7. The third-order valence-corrected chi connectivity index (χ3v) is 6.05. The molecule has 1 saturated heterocycles. The molecule has 1 N–H and O–H groups in total. The van der Waals surface area contributed by atoms with Gasteiger partial charge in [0, 0.05) is 30.0 Å². The van der Waals surface area contributed by atoms with Gasteiger partial charge in [-0.3, -0.25) is 4.79 Å². The van der Waals surface area contributed by atoms with E-state index in [0.29, 0.717) is 24.3 Å².